The average molecular weight is 909 g/mol. The molecular formula is C69H52N2. The van der Waals surface area contributed by atoms with Gasteiger partial charge in [-0.25, -0.2) is 0 Å². The molecule has 0 amide bonds. The van der Waals surface area contributed by atoms with Crippen molar-refractivity contribution in [2.45, 2.75) is 45.4 Å². The van der Waals surface area contributed by atoms with E-state index in [2.05, 4.69) is 268 Å². The molecular weight excluding hydrogens is 857 g/mol. The quantitative estimate of drug-likeness (QED) is 0.147. The summed E-state index contributed by atoms with van der Waals surface area (Å²) in [4.78, 5) is 0. The van der Waals surface area contributed by atoms with E-state index < -0.39 is 0 Å². The Bertz CT molecular complexity index is 4210. The van der Waals surface area contributed by atoms with Gasteiger partial charge in [0.25, 0.3) is 0 Å². The van der Waals surface area contributed by atoms with Gasteiger partial charge in [-0.1, -0.05) is 179 Å². The van der Waals surface area contributed by atoms with E-state index in [9.17, 15) is 0 Å². The normalized spacial score (nSPS) is 14.2. The minimum absolute atomic E-state index is 0.149. The molecule has 0 saturated carbocycles. The zero-order valence-corrected chi connectivity index (χ0v) is 40.8. The zero-order chi connectivity index (χ0) is 47.8. The third-order valence-electron chi connectivity index (χ3n) is 16.2. The highest BCUT2D eigenvalue weighted by molar-refractivity contribution is 6.11. The molecule has 0 N–H and O–H groups in total. The molecule has 12 aromatic rings. The summed E-state index contributed by atoms with van der Waals surface area (Å²) in [6.45, 7) is 11.7. The molecule has 2 heterocycles. The summed E-state index contributed by atoms with van der Waals surface area (Å²) in [6, 6.07) is 79.5. The van der Waals surface area contributed by atoms with E-state index in [4.69, 9.17) is 0 Å². The Hall–Kier alpha value is -8.46. The Kier molecular flexibility index (Phi) is 8.93. The van der Waals surface area contributed by atoms with Crippen LogP contribution in [0.2, 0.25) is 0 Å². The zero-order valence-electron chi connectivity index (χ0n) is 40.8. The smallest absolute Gasteiger partial charge is 0.0541 e. The van der Waals surface area contributed by atoms with E-state index in [-0.39, 0.29) is 10.8 Å². The largest absolute Gasteiger partial charge is 0.309 e. The van der Waals surface area contributed by atoms with E-state index in [1.165, 1.54) is 138 Å². The van der Waals surface area contributed by atoms with Crippen LogP contribution in [0.3, 0.4) is 0 Å². The molecule has 2 heteroatoms. The molecule has 0 saturated heterocycles. The van der Waals surface area contributed by atoms with Gasteiger partial charge in [0.1, 0.15) is 0 Å². The number of para-hydroxylation sites is 3. The van der Waals surface area contributed by atoms with Crippen molar-refractivity contribution >= 4 is 55.8 Å². The highest BCUT2D eigenvalue weighted by Crippen LogP contribution is 2.53. The van der Waals surface area contributed by atoms with Crippen LogP contribution in [0, 0.1) is 6.92 Å². The first-order chi connectivity index (χ1) is 34.6. The molecule has 0 bridgehead atoms. The van der Waals surface area contributed by atoms with Gasteiger partial charge in [0.15, 0.2) is 0 Å². The van der Waals surface area contributed by atoms with E-state index in [1.54, 1.807) is 0 Å². The Morgan fingerprint density at radius 2 is 0.690 bits per heavy atom. The van der Waals surface area contributed by atoms with Crippen LogP contribution in [-0.4, -0.2) is 9.13 Å². The molecule has 0 fully saturated rings. The van der Waals surface area contributed by atoms with Crippen molar-refractivity contribution in [3.63, 3.8) is 0 Å². The maximum absolute atomic E-state index is 2.47. The highest BCUT2D eigenvalue weighted by Gasteiger charge is 2.38. The summed E-state index contributed by atoms with van der Waals surface area (Å²) in [5.41, 5.74) is 26.5. The maximum Gasteiger partial charge on any atom is 0.0541 e. The summed E-state index contributed by atoms with van der Waals surface area (Å²) < 4.78 is 4.78. The second-order valence-corrected chi connectivity index (χ2v) is 21.1. The number of nitrogens with zero attached hydrogens (tertiary/aromatic N) is 2. The van der Waals surface area contributed by atoms with Crippen molar-refractivity contribution in [1.29, 1.82) is 0 Å². The Morgan fingerprint density at radius 3 is 1.24 bits per heavy atom. The molecule has 0 spiro atoms. The predicted octanol–water partition coefficient (Wildman–Crippen LogP) is 18.3. The van der Waals surface area contributed by atoms with E-state index >= 15 is 0 Å². The fourth-order valence-corrected chi connectivity index (χ4v) is 12.4. The van der Waals surface area contributed by atoms with Crippen LogP contribution in [0.25, 0.3) is 112 Å². The molecule has 10 aromatic carbocycles. The van der Waals surface area contributed by atoms with Gasteiger partial charge in [-0.05, 0) is 164 Å². The van der Waals surface area contributed by atoms with E-state index in [0.29, 0.717) is 0 Å². The molecule has 2 aliphatic carbocycles. The number of hydrogen-bond acceptors (Lipinski definition) is 0. The van der Waals surface area contributed by atoms with Gasteiger partial charge in [0.05, 0.1) is 22.1 Å². The van der Waals surface area contributed by atoms with Gasteiger partial charge in [0, 0.05) is 43.7 Å². The standard InChI is InChI=1S/C69H52N2/c1-43-19-29-51(30-20-43)71-65-18-12-10-16-57(65)59-39-46(28-36-67(59)71)47-25-32-54-55-34-27-49(42-63(55)69(4,5)62(54)40-47)48-26-33-53-52-31-23-45(38-60(52)68(2,3)61(53)41-48)22-21-44-24-35-66-58(37-44)56-15-9-11-17-64(56)70(66)50-13-7-6-8-14-50/h6-42H,1-5H3. The molecule has 0 radical (unpaired) electrons. The van der Waals surface area contributed by atoms with E-state index in [0.717, 1.165) is 0 Å². The topological polar surface area (TPSA) is 9.86 Å². The summed E-state index contributed by atoms with van der Waals surface area (Å²) in [5.74, 6) is 0. The summed E-state index contributed by atoms with van der Waals surface area (Å²) in [5, 5.41) is 5.09. The van der Waals surface area contributed by atoms with Gasteiger partial charge < -0.3 is 9.13 Å². The second-order valence-electron chi connectivity index (χ2n) is 21.1. The first kappa shape index (κ1) is 41.5. The number of hydrogen-bond donors (Lipinski definition) is 0. The van der Waals surface area contributed by atoms with Crippen LogP contribution in [0.4, 0.5) is 0 Å². The van der Waals surface area contributed by atoms with Crippen LogP contribution in [0.5, 0.6) is 0 Å². The van der Waals surface area contributed by atoms with Gasteiger partial charge in [-0.3, -0.25) is 0 Å². The summed E-state index contributed by atoms with van der Waals surface area (Å²) in [7, 11) is 0. The van der Waals surface area contributed by atoms with Crippen molar-refractivity contribution in [1.82, 2.24) is 9.13 Å². The lowest BCUT2D eigenvalue weighted by Crippen LogP contribution is -2.15. The van der Waals surface area contributed by atoms with Crippen molar-refractivity contribution in [2.24, 2.45) is 0 Å². The summed E-state index contributed by atoms with van der Waals surface area (Å²) >= 11 is 0. The highest BCUT2D eigenvalue weighted by atomic mass is 15.0. The number of aromatic nitrogens is 2. The lowest BCUT2D eigenvalue weighted by Gasteiger charge is -2.24. The van der Waals surface area contributed by atoms with Crippen molar-refractivity contribution in [3.8, 4) is 55.9 Å². The third kappa shape index (κ3) is 6.27. The van der Waals surface area contributed by atoms with Crippen LogP contribution < -0.4 is 0 Å². The average Bonchev–Trinajstić information content (AvgIpc) is 4.06. The third-order valence-corrected chi connectivity index (χ3v) is 16.2. The van der Waals surface area contributed by atoms with Gasteiger partial charge in [-0.2, -0.15) is 0 Å². The van der Waals surface area contributed by atoms with Gasteiger partial charge >= 0.3 is 0 Å². The monoisotopic (exact) mass is 908 g/mol. The first-order valence-corrected chi connectivity index (χ1v) is 25.1. The molecule has 14 rings (SSSR count). The van der Waals surface area contributed by atoms with Crippen LogP contribution in [-0.2, 0) is 10.8 Å². The Morgan fingerprint density at radius 1 is 0.310 bits per heavy atom. The second kappa shape index (κ2) is 15.3. The molecule has 71 heavy (non-hydrogen) atoms. The Balaban J connectivity index is 0.754. The predicted molar refractivity (Wildman–Crippen MR) is 301 cm³/mol. The van der Waals surface area contributed by atoms with Crippen molar-refractivity contribution in [2.75, 3.05) is 0 Å². The molecule has 2 aromatic heterocycles. The van der Waals surface area contributed by atoms with Gasteiger partial charge in [-0.15, -0.1) is 0 Å². The molecule has 2 nitrogen and oxygen atoms in total. The Labute approximate surface area is 415 Å². The molecule has 0 aliphatic heterocycles. The number of benzene rings is 10. The number of rotatable bonds is 6. The lowest BCUT2D eigenvalue weighted by atomic mass is 9.79. The van der Waals surface area contributed by atoms with Crippen molar-refractivity contribution < 1.29 is 0 Å². The fraction of sp³-hybridized carbons (Fsp3) is 0.101. The van der Waals surface area contributed by atoms with Crippen LogP contribution in [0.1, 0.15) is 66.6 Å². The number of fused-ring (bicyclic) bond motifs is 12. The van der Waals surface area contributed by atoms with Crippen LogP contribution >= 0.6 is 0 Å². The molecule has 0 unspecified atom stereocenters. The first-order valence-electron chi connectivity index (χ1n) is 25.1. The minimum Gasteiger partial charge on any atom is -0.309 e. The molecule has 2 aliphatic rings. The van der Waals surface area contributed by atoms with E-state index in [1.807, 2.05) is 0 Å². The molecule has 0 atom stereocenters. The molecule has 338 valence electrons. The number of aryl methyl sites for hydroxylation is 1. The van der Waals surface area contributed by atoms with Crippen molar-refractivity contribution in [3.05, 3.63) is 251 Å². The summed E-state index contributed by atoms with van der Waals surface area (Å²) in [6.07, 6.45) is 4.55. The fourth-order valence-electron chi connectivity index (χ4n) is 12.4. The van der Waals surface area contributed by atoms with Gasteiger partial charge in [0.2, 0.25) is 0 Å². The lowest BCUT2D eigenvalue weighted by molar-refractivity contribution is 0.659. The minimum atomic E-state index is -0.162. The maximum atomic E-state index is 2.47. The van der Waals surface area contributed by atoms with Crippen LogP contribution in [0.15, 0.2) is 212 Å². The SMILES string of the molecule is Cc1ccc(-n2c3ccccc3c3cc(-c4ccc5c(c4)C(C)(C)c4cc(-c6ccc7c(c6)C(C)(C)c6cc(C=Cc8ccc9c(c8)c8ccccc8n9-c8ccccc8)ccc6-7)ccc4-5)ccc32)cc1.